The van der Waals surface area contributed by atoms with Crippen LogP contribution in [0.15, 0.2) is 41.7 Å². The summed E-state index contributed by atoms with van der Waals surface area (Å²) in [5.74, 6) is -1.14. The van der Waals surface area contributed by atoms with E-state index in [9.17, 15) is 18.0 Å². The minimum Gasteiger partial charge on any atom is -0.503 e. The highest BCUT2D eigenvalue weighted by atomic mass is 35.5. The third kappa shape index (κ3) is 4.82. The fourth-order valence-electron chi connectivity index (χ4n) is 1.49. The molecule has 21 heavy (non-hydrogen) atoms. The van der Waals surface area contributed by atoms with Crippen LogP contribution >= 0.6 is 11.6 Å². The maximum Gasteiger partial charge on any atom is 0.417 e. The van der Waals surface area contributed by atoms with Gasteiger partial charge in [-0.05, 0) is 23.8 Å². The Morgan fingerprint density at radius 1 is 1.19 bits per heavy atom. The lowest BCUT2D eigenvalue weighted by molar-refractivity contribution is -0.137. The molecule has 0 heterocycles. The van der Waals surface area contributed by atoms with Gasteiger partial charge in [0.15, 0.2) is 0 Å². The summed E-state index contributed by atoms with van der Waals surface area (Å²) in [6.07, 6.45) is -3.24. The molecule has 0 amide bonds. The number of benzene rings is 1. The maximum absolute atomic E-state index is 13.2. The topological polar surface area (TPSA) is 35.5 Å². The van der Waals surface area contributed by atoms with Gasteiger partial charge in [0.1, 0.15) is 5.57 Å². The molecule has 0 fully saturated rings. The van der Waals surface area contributed by atoms with Crippen molar-refractivity contribution >= 4 is 23.6 Å². The van der Waals surface area contributed by atoms with Gasteiger partial charge < -0.3 is 9.47 Å². The van der Waals surface area contributed by atoms with E-state index in [-0.39, 0.29) is 5.56 Å². The molecule has 0 aliphatic rings. The van der Waals surface area contributed by atoms with Gasteiger partial charge in [0.2, 0.25) is 0 Å². The first-order valence-corrected chi connectivity index (χ1v) is 6.03. The zero-order valence-electron chi connectivity index (χ0n) is 11.2. The Hall–Kier alpha value is -1.95. The van der Waals surface area contributed by atoms with Crippen molar-refractivity contribution in [2.75, 3.05) is 14.2 Å². The molecule has 0 unspecified atom stereocenters. The molecule has 3 nitrogen and oxygen atoms in total. The summed E-state index contributed by atoms with van der Waals surface area (Å²) in [5.41, 5.74) is -1.65. The van der Waals surface area contributed by atoms with E-state index < -0.39 is 23.3 Å². The van der Waals surface area contributed by atoms with Crippen molar-refractivity contribution in [3.63, 3.8) is 0 Å². The number of halogens is 4. The molecule has 1 rings (SSSR count). The van der Waals surface area contributed by atoms with E-state index in [1.54, 1.807) is 0 Å². The Bertz CT molecular complexity index is 560. The maximum atomic E-state index is 13.2. The molecule has 0 atom stereocenters. The molecule has 0 spiro atoms. The van der Waals surface area contributed by atoms with Crippen LogP contribution in [0.25, 0.3) is 6.08 Å². The molecular formula is C14H12ClF3O3. The van der Waals surface area contributed by atoms with Gasteiger partial charge >= 0.3 is 12.1 Å². The highest BCUT2D eigenvalue weighted by Gasteiger charge is 2.39. The molecule has 0 aliphatic carbocycles. The zero-order valence-corrected chi connectivity index (χ0v) is 12.0. The van der Waals surface area contributed by atoms with Crippen molar-refractivity contribution in [2.24, 2.45) is 0 Å². The highest BCUT2D eigenvalue weighted by Crippen LogP contribution is 2.33. The van der Waals surface area contributed by atoms with E-state index in [0.717, 1.165) is 20.3 Å². The third-order valence-corrected chi connectivity index (χ3v) is 2.67. The average molecular weight is 321 g/mol. The Morgan fingerprint density at radius 2 is 1.76 bits per heavy atom. The molecule has 0 saturated heterocycles. The van der Waals surface area contributed by atoms with Crippen molar-refractivity contribution in [3.8, 4) is 0 Å². The summed E-state index contributed by atoms with van der Waals surface area (Å²) in [6.45, 7) is 0. The van der Waals surface area contributed by atoms with Gasteiger partial charge in [-0.3, -0.25) is 0 Å². The largest absolute Gasteiger partial charge is 0.503 e. The number of esters is 1. The number of carbonyl (C=O) groups is 1. The quantitative estimate of drug-likeness (QED) is 0.364. The van der Waals surface area contributed by atoms with Crippen LogP contribution in [0.1, 0.15) is 5.56 Å². The molecule has 0 saturated carbocycles. The van der Waals surface area contributed by atoms with Crippen LogP contribution in [-0.4, -0.2) is 26.4 Å². The molecule has 0 aromatic heterocycles. The Morgan fingerprint density at radius 3 is 2.19 bits per heavy atom. The first kappa shape index (κ1) is 17.1. The van der Waals surface area contributed by atoms with Gasteiger partial charge in [-0.15, -0.1) is 0 Å². The Labute approximate surface area is 124 Å². The number of carbonyl (C=O) groups excluding carboxylic acids is 1. The van der Waals surface area contributed by atoms with Crippen LogP contribution in [0.2, 0.25) is 5.02 Å². The highest BCUT2D eigenvalue weighted by molar-refractivity contribution is 6.30. The van der Waals surface area contributed by atoms with Crippen LogP contribution in [0.4, 0.5) is 13.2 Å². The van der Waals surface area contributed by atoms with E-state index in [2.05, 4.69) is 9.47 Å². The second kappa shape index (κ2) is 7.17. The number of hydrogen-bond acceptors (Lipinski definition) is 3. The van der Waals surface area contributed by atoms with Crippen LogP contribution in [0, 0.1) is 0 Å². The summed E-state index contributed by atoms with van der Waals surface area (Å²) in [7, 11) is 2.13. The summed E-state index contributed by atoms with van der Waals surface area (Å²) < 4.78 is 48.4. The standard InChI is InChI=1S/C14H12ClF3O3/c1-20-8-11(13(19)21-2)12(14(16,17)18)7-9-3-5-10(15)6-4-9/h3-8H,1-2H3/b11-8+,12-7+. The predicted molar refractivity (Wildman–Crippen MR) is 72.6 cm³/mol. The number of ether oxygens (including phenoxy) is 2. The molecule has 114 valence electrons. The molecule has 0 bridgehead atoms. The van der Waals surface area contributed by atoms with Crippen LogP contribution in [0.5, 0.6) is 0 Å². The summed E-state index contributed by atoms with van der Waals surface area (Å²) in [5, 5.41) is 0.390. The summed E-state index contributed by atoms with van der Waals surface area (Å²) >= 11 is 5.67. The first-order valence-electron chi connectivity index (χ1n) is 5.65. The van der Waals surface area contributed by atoms with E-state index in [4.69, 9.17) is 11.6 Å². The minimum atomic E-state index is -4.75. The Kier molecular flexibility index (Phi) is 5.84. The smallest absolute Gasteiger partial charge is 0.417 e. The van der Waals surface area contributed by atoms with Crippen LogP contribution in [-0.2, 0) is 14.3 Å². The van der Waals surface area contributed by atoms with Crippen molar-refractivity contribution in [2.45, 2.75) is 6.18 Å². The van der Waals surface area contributed by atoms with Crippen molar-refractivity contribution < 1.29 is 27.4 Å². The number of alkyl halides is 3. The molecule has 0 aliphatic heterocycles. The van der Waals surface area contributed by atoms with E-state index >= 15 is 0 Å². The summed E-state index contributed by atoms with van der Waals surface area (Å²) in [4.78, 5) is 11.5. The number of rotatable bonds is 4. The van der Waals surface area contributed by atoms with Gasteiger partial charge in [-0.25, -0.2) is 4.79 Å². The SMILES string of the molecule is CO/C=C(C(=O)OC)\C(=C/c1ccc(Cl)cc1)C(F)(F)F. The number of hydrogen-bond donors (Lipinski definition) is 0. The first-order chi connectivity index (χ1) is 9.79. The lowest BCUT2D eigenvalue weighted by Crippen LogP contribution is -2.19. The van der Waals surface area contributed by atoms with Crippen LogP contribution in [0.3, 0.4) is 0 Å². The molecule has 7 heteroatoms. The molecule has 0 radical (unpaired) electrons. The van der Waals surface area contributed by atoms with E-state index in [1.165, 1.54) is 24.3 Å². The predicted octanol–water partition coefficient (Wildman–Crippen LogP) is 3.99. The van der Waals surface area contributed by atoms with Gasteiger partial charge in [0.25, 0.3) is 0 Å². The molecule has 1 aromatic carbocycles. The number of methoxy groups -OCH3 is 2. The van der Waals surface area contributed by atoms with Gasteiger partial charge in [0.05, 0.1) is 26.1 Å². The monoisotopic (exact) mass is 320 g/mol. The molecule has 0 N–H and O–H groups in total. The Balaban J connectivity index is 3.37. The van der Waals surface area contributed by atoms with Crippen molar-refractivity contribution in [1.82, 2.24) is 0 Å². The van der Waals surface area contributed by atoms with Crippen LogP contribution < -0.4 is 0 Å². The molecular weight excluding hydrogens is 309 g/mol. The van der Waals surface area contributed by atoms with E-state index in [1.807, 2.05) is 0 Å². The lowest BCUT2D eigenvalue weighted by Gasteiger charge is -2.14. The minimum absolute atomic E-state index is 0.234. The van der Waals surface area contributed by atoms with Gasteiger partial charge in [0, 0.05) is 5.02 Å². The van der Waals surface area contributed by atoms with Crippen molar-refractivity contribution in [3.05, 3.63) is 52.3 Å². The van der Waals surface area contributed by atoms with Gasteiger partial charge in [-0.1, -0.05) is 23.7 Å². The van der Waals surface area contributed by atoms with Gasteiger partial charge in [-0.2, -0.15) is 13.2 Å². The lowest BCUT2D eigenvalue weighted by atomic mass is 10.0. The normalized spacial score (nSPS) is 13.0. The van der Waals surface area contributed by atoms with E-state index in [0.29, 0.717) is 11.3 Å². The second-order valence-electron chi connectivity index (χ2n) is 3.87. The third-order valence-electron chi connectivity index (χ3n) is 2.42. The molecule has 1 aromatic rings. The second-order valence-corrected chi connectivity index (χ2v) is 4.30. The van der Waals surface area contributed by atoms with Crippen molar-refractivity contribution in [1.29, 1.82) is 0 Å². The fraction of sp³-hybridized carbons (Fsp3) is 0.214. The average Bonchev–Trinajstić information content (AvgIpc) is 2.42. The fourth-order valence-corrected chi connectivity index (χ4v) is 1.61. The summed E-state index contributed by atoms with van der Waals surface area (Å²) in [6, 6.07) is 5.68. The zero-order chi connectivity index (χ0) is 16.0.